The molecule has 4 nitrogen and oxygen atoms in total. The van der Waals surface area contributed by atoms with Crippen molar-refractivity contribution in [3.05, 3.63) is 30.1 Å². The first kappa shape index (κ1) is 14.0. The van der Waals surface area contributed by atoms with E-state index in [9.17, 15) is 4.79 Å². The van der Waals surface area contributed by atoms with Crippen LogP contribution in [0.15, 0.2) is 24.5 Å². The molecule has 0 aromatic carbocycles. The van der Waals surface area contributed by atoms with Crippen LogP contribution in [0.3, 0.4) is 0 Å². The lowest BCUT2D eigenvalue weighted by Gasteiger charge is -2.48. The van der Waals surface area contributed by atoms with Crippen LogP contribution in [0.2, 0.25) is 0 Å². The highest BCUT2D eigenvalue weighted by Crippen LogP contribution is 2.36. The maximum atomic E-state index is 11.0. The normalized spacial score (nSPS) is 23.2. The number of pyridine rings is 1. The van der Waals surface area contributed by atoms with Crippen LogP contribution in [0.4, 0.5) is 0 Å². The molecule has 0 amide bonds. The quantitative estimate of drug-likeness (QED) is 0.906. The third-order valence-electron chi connectivity index (χ3n) is 4.34. The summed E-state index contributed by atoms with van der Waals surface area (Å²) in [5.74, 6) is -0.468. The fourth-order valence-electron chi connectivity index (χ4n) is 2.98. The first-order chi connectivity index (χ1) is 9.00. The van der Waals surface area contributed by atoms with Gasteiger partial charge in [-0.05, 0) is 56.8 Å². The number of carboxylic acids is 1. The molecule has 1 unspecified atom stereocenters. The summed E-state index contributed by atoms with van der Waals surface area (Å²) in [7, 11) is 0. The molecule has 104 valence electrons. The summed E-state index contributed by atoms with van der Waals surface area (Å²) in [6.45, 7) is 6.24. The SMILES string of the molecule is CC1(C)C(CC(=O)O)CCCN1Cc1ccncc1. The van der Waals surface area contributed by atoms with E-state index in [1.54, 1.807) is 12.4 Å². The summed E-state index contributed by atoms with van der Waals surface area (Å²) in [5, 5.41) is 9.05. The molecule has 1 aliphatic heterocycles. The van der Waals surface area contributed by atoms with Crippen LogP contribution in [-0.2, 0) is 11.3 Å². The Kier molecular flexibility index (Phi) is 4.20. The second-order valence-corrected chi connectivity index (χ2v) is 5.87. The number of piperidine rings is 1. The van der Waals surface area contributed by atoms with Crippen molar-refractivity contribution in [2.24, 2.45) is 5.92 Å². The molecule has 2 heterocycles. The topological polar surface area (TPSA) is 53.4 Å². The summed E-state index contributed by atoms with van der Waals surface area (Å²) >= 11 is 0. The molecule has 1 fully saturated rings. The monoisotopic (exact) mass is 262 g/mol. The predicted octanol–water partition coefficient (Wildman–Crippen LogP) is 2.55. The summed E-state index contributed by atoms with van der Waals surface area (Å²) in [6, 6.07) is 4.05. The molecule has 1 aromatic rings. The first-order valence-corrected chi connectivity index (χ1v) is 6.86. The lowest BCUT2D eigenvalue weighted by molar-refractivity contribution is -0.140. The van der Waals surface area contributed by atoms with Crippen molar-refractivity contribution in [3.8, 4) is 0 Å². The largest absolute Gasteiger partial charge is 0.481 e. The van der Waals surface area contributed by atoms with Crippen LogP contribution in [0, 0.1) is 5.92 Å². The number of carbonyl (C=O) groups is 1. The van der Waals surface area contributed by atoms with E-state index in [1.165, 1.54) is 5.56 Å². The molecular weight excluding hydrogens is 240 g/mol. The van der Waals surface area contributed by atoms with Gasteiger partial charge in [-0.2, -0.15) is 0 Å². The molecule has 0 aliphatic carbocycles. The second kappa shape index (κ2) is 5.70. The average molecular weight is 262 g/mol. The van der Waals surface area contributed by atoms with E-state index in [2.05, 4.69) is 23.7 Å². The number of aromatic nitrogens is 1. The highest BCUT2D eigenvalue weighted by Gasteiger charge is 2.39. The van der Waals surface area contributed by atoms with E-state index in [-0.39, 0.29) is 17.9 Å². The van der Waals surface area contributed by atoms with Crippen LogP contribution < -0.4 is 0 Å². The van der Waals surface area contributed by atoms with Gasteiger partial charge in [-0.3, -0.25) is 14.7 Å². The van der Waals surface area contributed by atoms with Crippen LogP contribution in [-0.4, -0.2) is 33.0 Å². The van der Waals surface area contributed by atoms with Gasteiger partial charge in [0.25, 0.3) is 0 Å². The van der Waals surface area contributed by atoms with E-state index in [0.717, 1.165) is 25.9 Å². The van der Waals surface area contributed by atoms with Gasteiger partial charge in [0.1, 0.15) is 0 Å². The van der Waals surface area contributed by atoms with E-state index < -0.39 is 5.97 Å². The van der Waals surface area contributed by atoms with Crippen LogP contribution in [0.1, 0.15) is 38.7 Å². The van der Waals surface area contributed by atoms with Crippen molar-refractivity contribution >= 4 is 5.97 Å². The highest BCUT2D eigenvalue weighted by molar-refractivity contribution is 5.67. The molecule has 1 aliphatic rings. The van der Waals surface area contributed by atoms with Gasteiger partial charge in [0.05, 0.1) is 0 Å². The molecule has 0 spiro atoms. The Morgan fingerprint density at radius 3 is 2.79 bits per heavy atom. The van der Waals surface area contributed by atoms with Gasteiger partial charge >= 0.3 is 5.97 Å². The zero-order chi connectivity index (χ0) is 13.9. The molecule has 1 saturated heterocycles. The summed E-state index contributed by atoms with van der Waals surface area (Å²) in [5.41, 5.74) is 1.17. The van der Waals surface area contributed by atoms with Crippen molar-refractivity contribution < 1.29 is 9.90 Å². The number of hydrogen-bond donors (Lipinski definition) is 1. The Morgan fingerprint density at radius 2 is 2.16 bits per heavy atom. The van der Waals surface area contributed by atoms with E-state index in [0.29, 0.717) is 0 Å². The molecule has 0 saturated carbocycles. The number of aliphatic carboxylic acids is 1. The number of nitrogens with zero attached hydrogens (tertiary/aromatic N) is 2. The van der Waals surface area contributed by atoms with Gasteiger partial charge in [-0.1, -0.05) is 0 Å². The molecule has 0 bridgehead atoms. The molecule has 0 radical (unpaired) electrons. The third kappa shape index (κ3) is 3.32. The van der Waals surface area contributed by atoms with Crippen molar-refractivity contribution in [3.63, 3.8) is 0 Å². The maximum absolute atomic E-state index is 11.0. The molecular formula is C15H22N2O2. The Labute approximate surface area is 114 Å². The minimum atomic E-state index is -0.691. The number of rotatable bonds is 4. The lowest BCUT2D eigenvalue weighted by atomic mass is 9.77. The fourth-order valence-corrected chi connectivity index (χ4v) is 2.98. The number of hydrogen-bond acceptors (Lipinski definition) is 3. The highest BCUT2D eigenvalue weighted by atomic mass is 16.4. The fraction of sp³-hybridized carbons (Fsp3) is 0.600. The van der Waals surface area contributed by atoms with Crippen LogP contribution in [0.25, 0.3) is 0 Å². The molecule has 1 atom stereocenters. The molecule has 19 heavy (non-hydrogen) atoms. The van der Waals surface area contributed by atoms with E-state index in [1.807, 2.05) is 12.1 Å². The minimum absolute atomic E-state index is 0.0695. The van der Waals surface area contributed by atoms with E-state index in [4.69, 9.17) is 5.11 Å². The zero-order valence-electron chi connectivity index (χ0n) is 11.7. The first-order valence-electron chi connectivity index (χ1n) is 6.86. The molecule has 2 rings (SSSR count). The van der Waals surface area contributed by atoms with Gasteiger partial charge in [-0.15, -0.1) is 0 Å². The Balaban J connectivity index is 2.09. The average Bonchev–Trinajstić information content (AvgIpc) is 2.35. The van der Waals surface area contributed by atoms with Crippen molar-refractivity contribution in [1.82, 2.24) is 9.88 Å². The van der Waals surface area contributed by atoms with Gasteiger partial charge in [0.2, 0.25) is 0 Å². The van der Waals surface area contributed by atoms with Crippen LogP contribution in [0.5, 0.6) is 0 Å². The Bertz CT molecular complexity index is 431. The molecule has 4 heteroatoms. The van der Waals surface area contributed by atoms with Gasteiger partial charge in [0.15, 0.2) is 0 Å². The van der Waals surface area contributed by atoms with Crippen LogP contribution >= 0.6 is 0 Å². The van der Waals surface area contributed by atoms with Crippen molar-refractivity contribution in [1.29, 1.82) is 0 Å². The standard InChI is InChI=1S/C15H22N2O2/c1-15(2)13(10-14(18)19)4-3-9-17(15)11-12-5-7-16-8-6-12/h5-8,13H,3-4,9-11H2,1-2H3,(H,18,19). The molecule has 1 aromatic heterocycles. The summed E-state index contributed by atoms with van der Waals surface area (Å²) in [6.07, 6.45) is 5.96. The number of carboxylic acid groups (broad SMARTS) is 1. The second-order valence-electron chi connectivity index (χ2n) is 5.87. The lowest BCUT2D eigenvalue weighted by Crippen LogP contribution is -2.53. The third-order valence-corrected chi connectivity index (χ3v) is 4.34. The summed E-state index contributed by atoms with van der Waals surface area (Å²) in [4.78, 5) is 17.4. The van der Waals surface area contributed by atoms with Gasteiger partial charge < -0.3 is 5.11 Å². The minimum Gasteiger partial charge on any atom is -0.481 e. The van der Waals surface area contributed by atoms with E-state index >= 15 is 0 Å². The molecule has 1 N–H and O–H groups in total. The maximum Gasteiger partial charge on any atom is 0.303 e. The van der Waals surface area contributed by atoms with Crippen molar-refractivity contribution in [2.75, 3.05) is 6.54 Å². The predicted molar refractivity (Wildman–Crippen MR) is 73.7 cm³/mol. The van der Waals surface area contributed by atoms with Gasteiger partial charge in [0, 0.05) is 30.9 Å². The summed E-state index contributed by atoms with van der Waals surface area (Å²) < 4.78 is 0. The zero-order valence-corrected chi connectivity index (χ0v) is 11.7. The van der Waals surface area contributed by atoms with Crippen molar-refractivity contribution in [2.45, 2.75) is 45.2 Å². The van der Waals surface area contributed by atoms with Gasteiger partial charge in [-0.25, -0.2) is 0 Å². The Hall–Kier alpha value is -1.42. The Morgan fingerprint density at radius 1 is 1.47 bits per heavy atom. The smallest absolute Gasteiger partial charge is 0.303 e. The number of likely N-dealkylation sites (tertiary alicyclic amines) is 1.